The standard InChI is InChI=1S/C13H14N2/c1-14-9-4-5-11-8-10-15-13-7-3-2-6-12(11)13/h2-8,10,14H,9H2,1H3. The molecule has 0 aliphatic rings. The summed E-state index contributed by atoms with van der Waals surface area (Å²) in [5, 5.41) is 4.28. The molecule has 0 fully saturated rings. The van der Waals surface area contributed by atoms with Crippen molar-refractivity contribution in [2.24, 2.45) is 0 Å². The van der Waals surface area contributed by atoms with Crippen molar-refractivity contribution >= 4 is 17.0 Å². The molecule has 1 aromatic carbocycles. The van der Waals surface area contributed by atoms with Gasteiger partial charge in [0.2, 0.25) is 0 Å². The zero-order chi connectivity index (χ0) is 10.5. The van der Waals surface area contributed by atoms with E-state index in [4.69, 9.17) is 0 Å². The Kier molecular flexibility index (Phi) is 3.10. The van der Waals surface area contributed by atoms with E-state index in [0.29, 0.717) is 0 Å². The van der Waals surface area contributed by atoms with Gasteiger partial charge in [-0.2, -0.15) is 0 Å². The van der Waals surface area contributed by atoms with Crippen LogP contribution in [0.15, 0.2) is 42.6 Å². The third kappa shape index (κ3) is 2.22. The van der Waals surface area contributed by atoms with Crippen molar-refractivity contribution in [2.75, 3.05) is 13.6 Å². The van der Waals surface area contributed by atoms with Gasteiger partial charge in [0.05, 0.1) is 5.52 Å². The summed E-state index contributed by atoms with van der Waals surface area (Å²) in [5.41, 5.74) is 2.26. The first-order valence-corrected chi connectivity index (χ1v) is 5.06. The third-order valence-electron chi connectivity index (χ3n) is 2.30. The zero-order valence-corrected chi connectivity index (χ0v) is 8.77. The Bertz CT molecular complexity index is 469. The number of likely N-dealkylation sites (N-methyl/N-ethyl adjacent to an activating group) is 1. The summed E-state index contributed by atoms with van der Waals surface area (Å²) < 4.78 is 0. The van der Waals surface area contributed by atoms with Crippen molar-refractivity contribution in [1.82, 2.24) is 10.3 Å². The van der Waals surface area contributed by atoms with Crippen LogP contribution in [0.2, 0.25) is 0 Å². The SMILES string of the molecule is CNCC=Cc1ccnc2ccccc12. The molecule has 2 nitrogen and oxygen atoms in total. The molecule has 0 atom stereocenters. The molecule has 76 valence electrons. The molecule has 0 aliphatic heterocycles. The predicted octanol–water partition coefficient (Wildman–Crippen LogP) is 2.47. The van der Waals surface area contributed by atoms with E-state index >= 15 is 0 Å². The van der Waals surface area contributed by atoms with Crippen LogP contribution in [0.1, 0.15) is 5.56 Å². The fourth-order valence-electron chi connectivity index (χ4n) is 1.57. The number of rotatable bonds is 3. The number of nitrogens with zero attached hydrogens (tertiary/aromatic N) is 1. The second-order valence-corrected chi connectivity index (χ2v) is 3.38. The van der Waals surface area contributed by atoms with Gasteiger partial charge in [-0.25, -0.2) is 0 Å². The molecule has 0 aliphatic carbocycles. The molecule has 2 heteroatoms. The van der Waals surface area contributed by atoms with Crippen molar-refractivity contribution in [3.8, 4) is 0 Å². The van der Waals surface area contributed by atoms with Crippen molar-refractivity contribution in [1.29, 1.82) is 0 Å². The minimum atomic E-state index is 0.886. The predicted molar refractivity (Wildman–Crippen MR) is 64.7 cm³/mol. The molecule has 0 amide bonds. The maximum Gasteiger partial charge on any atom is 0.0707 e. The molecular formula is C13H14N2. The Hall–Kier alpha value is -1.67. The van der Waals surface area contributed by atoms with E-state index in [-0.39, 0.29) is 0 Å². The van der Waals surface area contributed by atoms with Crippen LogP contribution in [-0.2, 0) is 0 Å². The van der Waals surface area contributed by atoms with Gasteiger partial charge in [0.1, 0.15) is 0 Å². The Balaban J connectivity index is 2.42. The van der Waals surface area contributed by atoms with Crippen LogP contribution < -0.4 is 5.32 Å². The Labute approximate surface area is 89.7 Å². The lowest BCUT2D eigenvalue weighted by molar-refractivity contribution is 0.922. The monoisotopic (exact) mass is 198 g/mol. The van der Waals surface area contributed by atoms with E-state index < -0.39 is 0 Å². The first-order chi connectivity index (χ1) is 7.42. The molecule has 2 aromatic rings. The fraction of sp³-hybridized carbons (Fsp3) is 0.154. The molecule has 2 rings (SSSR count). The summed E-state index contributed by atoms with van der Waals surface area (Å²) in [6.07, 6.45) is 6.09. The summed E-state index contributed by atoms with van der Waals surface area (Å²) in [6, 6.07) is 10.2. The molecule has 1 aromatic heterocycles. The second kappa shape index (κ2) is 4.71. The van der Waals surface area contributed by atoms with E-state index in [1.165, 1.54) is 10.9 Å². The second-order valence-electron chi connectivity index (χ2n) is 3.38. The average molecular weight is 198 g/mol. The highest BCUT2D eigenvalue weighted by molar-refractivity contribution is 5.87. The van der Waals surface area contributed by atoms with Gasteiger partial charge in [0.25, 0.3) is 0 Å². The van der Waals surface area contributed by atoms with E-state index in [2.05, 4.69) is 28.5 Å². The Morgan fingerprint density at radius 1 is 1.27 bits per heavy atom. The zero-order valence-electron chi connectivity index (χ0n) is 8.77. The van der Waals surface area contributed by atoms with E-state index in [1.54, 1.807) is 0 Å². The van der Waals surface area contributed by atoms with Gasteiger partial charge in [-0.05, 0) is 24.7 Å². The highest BCUT2D eigenvalue weighted by Crippen LogP contribution is 2.16. The summed E-state index contributed by atoms with van der Waals surface area (Å²) in [7, 11) is 1.94. The quantitative estimate of drug-likeness (QED) is 0.819. The molecule has 0 radical (unpaired) electrons. The lowest BCUT2D eigenvalue weighted by atomic mass is 10.1. The topological polar surface area (TPSA) is 24.9 Å². The maximum absolute atomic E-state index is 4.32. The van der Waals surface area contributed by atoms with Crippen LogP contribution in [0.4, 0.5) is 0 Å². The van der Waals surface area contributed by atoms with Crippen LogP contribution in [0.25, 0.3) is 17.0 Å². The highest BCUT2D eigenvalue weighted by atomic mass is 14.8. The first-order valence-electron chi connectivity index (χ1n) is 5.06. The van der Waals surface area contributed by atoms with Crippen molar-refractivity contribution in [2.45, 2.75) is 0 Å². The van der Waals surface area contributed by atoms with Gasteiger partial charge in [-0.3, -0.25) is 4.98 Å². The number of pyridine rings is 1. The smallest absolute Gasteiger partial charge is 0.0707 e. The van der Waals surface area contributed by atoms with Crippen LogP contribution >= 0.6 is 0 Å². The molecule has 0 spiro atoms. The maximum atomic E-state index is 4.32. The van der Waals surface area contributed by atoms with E-state index in [9.17, 15) is 0 Å². The highest BCUT2D eigenvalue weighted by Gasteiger charge is 1.96. The largest absolute Gasteiger partial charge is 0.316 e. The van der Waals surface area contributed by atoms with Crippen LogP contribution in [-0.4, -0.2) is 18.6 Å². The number of nitrogens with one attached hydrogen (secondary N) is 1. The number of aromatic nitrogens is 1. The summed E-state index contributed by atoms with van der Waals surface area (Å²) >= 11 is 0. The lowest BCUT2D eigenvalue weighted by Gasteiger charge is -2.00. The van der Waals surface area contributed by atoms with Crippen LogP contribution in [0.3, 0.4) is 0 Å². The van der Waals surface area contributed by atoms with E-state index in [0.717, 1.165) is 12.1 Å². The summed E-state index contributed by atoms with van der Waals surface area (Å²) in [6.45, 7) is 0.886. The number of hydrogen-bond donors (Lipinski definition) is 1. The molecule has 0 saturated carbocycles. The van der Waals surface area contributed by atoms with Crippen LogP contribution in [0, 0.1) is 0 Å². The van der Waals surface area contributed by atoms with Gasteiger partial charge in [-0.15, -0.1) is 0 Å². The number of benzene rings is 1. The minimum Gasteiger partial charge on any atom is -0.316 e. The normalized spacial score (nSPS) is 11.3. The van der Waals surface area contributed by atoms with Gasteiger partial charge < -0.3 is 5.32 Å². The molecule has 0 saturated heterocycles. The average Bonchev–Trinajstić information content (AvgIpc) is 2.30. The van der Waals surface area contributed by atoms with Crippen LogP contribution in [0.5, 0.6) is 0 Å². The van der Waals surface area contributed by atoms with Gasteiger partial charge >= 0.3 is 0 Å². The molecule has 0 unspecified atom stereocenters. The molecule has 1 heterocycles. The summed E-state index contributed by atoms with van der Waals surface area (Å²) in [5.74, 6) is 0. The van der Waals surface area contributed by atoms with Gasteiger partial charge in [0.15, 0.2) is 0 Å². The van der Waals surface area contributed by atoms with Gasteiger partial charge in [-0.1, -0.05) is 30.4 Å². The van der Waals surface area contributed by atoms with E-state index in [1.807, 2.05) is 37.5 Å². The molecular weight excluding hydrogens is 184 g/mol. The fourth-order valence-corrected chi connectivity index (χ4v) is 1.57. The first kappa shape index (κ1) is 9.87. The third-order valence-corrected chi connectivity index (χ3v) is 2.30. The van der Waals surface area contributed by atoms with Crippen molar-refractivity contribution in [3.63, 3.8) is 0 Å². The van der Waals surface area contributed by atoms with Gasteiger partial charge in [0, 0.05) is 18.1 Å². The molecule has 0 bridgehead atoms. The minimum absolute atomic E-state index is 0.886. The Morgan fingerprint density at radius 2 is 2.13 bits per heavy atom. The molecule has 1 N–H and O–H groups in total. The number of para-hydroxylation sites is 1. The molecule has 15 heavy (non-hydrogen) atoms. The summed E-state index contributed by atoms with van der Waals surface area (Å²) in [4.78, 5) is 4.32. The Morgan fingerprint density at radius 3 is 3.00 bits per heavy atom. The van der Waals surface area contributed by atoms with Crippen molar-refractivity contribution < 1.29 is 0 Å². The number of fused-ring (bicyclic) bond motifs is 1. The van der Waals surface area contributed by atoms with Crippen molar-refractivity contribution in [3.05, 3.63) is 48.2 Å². The number of hydrogen-bond acceptors (Lipinski definition) is 2. The lowest BCUT2D eigenvalue weighted by Crippen LogP contribution is -2.03.